The van der Waals surface area contributed by atoms with E-state index in [0.717, 1.165) is 0 Å². The van der Waals surface area contributed by atoms with Gasteiger partial charge in [-0.2, -0.15) is 0 Å². The third kappa shape index (κ3) is 4.38. The summed E-state index contributed by atoms with van der Waals surface area (Å²) in [5.74, 6) is 0. The summed E-state index contributed by atoms with van der Waals surface area (Å²) in [7, 11) is 0. The van der Waals surface area contributed by atoms with Crippen molar-refractivity contribution in [2.45, 2.75) is 0 Å². The third-order valence-electron chi connectivity index (χ3n) is 0.188. The molecule has 0 bridgehead atoms. The quantitative estimate of drug-likeness (QED) is 0.496. The minimum absolute atomic E-state index is 1.49. The molecule has 0 aliphatic rings. The molecule has 0 radical (unpaired) electrons. The highest BCUT2D eigenvalue weighted by atomic mass is 35.5. The van der Waals surface area contributed by atoms with E-state index >= 15 is 0 Å². The Morgan fingerprint density at radius 3 is 2.40 bits per heavy atom. The first-order chi connectivity index (χ1) is 2.41. The van der Waals surface area contributed by atoms with Gasteiger partial charge in [-0.1, -0.05) is 11.6 Å². The van der Waals surface area contributed by atoms with Crippen LogP contribution in [-0.4, -0.2) is 6.26 Å². The zero-order chi connectivity index (χ0) is 4.12. The van der Waals surface area contributed by atoms with Crippen LogP contribution in [0.1, 0.15) is 0 Å². The van der Waals surface area contributed by atoms with Crippen molar-refractivity contribution in [2.75, 3.05) is 6.26 Å². The molecule has 0 heterocycles. The largest absolute Gasteiger partial charge is 0.137 e. The van der Waals surface area contributed by atoms with Gasteiger partial charge >= 0.3 is 0 Å². The molecule has 0 atom stereocenters. The van der Waals surface area contributed by atoms with Gasteiger partial charge in [-0.05, 0) is 11.7 Å². The zero-order valence-electron chi connectivity index (χ0n) is 2.94. The van der Waals surface area contributed by atoms with Gasteiger partial charge in [0, 0.05) is 5.54 Å². The van der Waals surface area contributed by atoms with Crippen molar-refractivity contribution in [3.63, 3.8) is 0 Å². The van der Waals surface area contributed by atoms with Crippen LogP contribution in [-0.2, 0) is 0 Å². The highest BCUT2D eigenvalue weighted by molar-refractivity contribution is 8.01. The normalized spacial score (nSPS) is 10.0. The predicted octanol–water partition coefficient (Wildman–Crippen LogP) is 2.06. The van der Waals surface area contributed by atoms with Crippen molar-refractivity contribution in [3.05, 3.63) is 10.9 Å². The minimum atomic E-state index is 1.49. The van der Waals surface area contributed by atoms with E-state index in [2.05, 4.69) is 0 Å². The van der Waals surface area contributed by atoms with Crippen LogP contribution in [0.2, 0.25) is 0 Å². The van der Waals surface area contributed by atoms with Gasteiger partial charge in [-0.3, -0.25) is 0 Å². The summed E-state index contributed by atoms with van der Waals surface area (Å²) in [6.07, 6.45) is 1.96. The lowest BCUT2D eigenvalue weighted by Crippen LogP contribution is -1.31. The fraction of sp³-hybridized carbons (Fsp3) is 0.333. The van der Waals surface area contributed by atoms with E-state index < -0.39 is 0 Å². The summed E-state index contributed by atoms with van der Waals surface area (Å²) in [5.41, 5.74) is 1.49. The summed E-state index contributed by atoms with van der Waals surface area (Å²) >= 11 is 6.69. The Morgan fingerprint density at radius 1 is 1.80 bits per heavy atom. The van der Waals surface area contributed by atoms with E-state index in [1.165, 1.54) is 5.54 Å². The Morgan fingerprint density at radius 2 is 2.40 bits per heavy atom. The molecule has 0 aromatic rings. The van der Waals surface area contributed by atoms with Crippen LogP contribution in [0.3, 0.4) is 0 Å². The number of hydrogen-bond acceptors (Lipinski definition) is 1. The second-order valence-electron chi connectivity index (χ2n) is 0.498. The molecule has 5 heavy (non-hydrogen) atoms. The highest BCUT2D eigenvalue weighted by Gasteiger charge is 1.53. The predicted molar refractivity (Wildman–Crippen MR) is 28.5 cm³/mol. The number of thioether (sulfide) groups is 1. The number of hydrogen-bond donors (Lipinski definition) is 0. The summed E-state index contributed by atoms with van der Waals surface area (Å²) in [6, 6.07) is 0. The van der Waals surface area contributed by atoms with Crippen molar-refractivity contribution < 1.29 is 0 Å². The van der Waals surface area contributed by atoms with Crippen LogP contribution in [0.5, 0.6) is 0 Å². The monoisotopic (exact) mass is 108 g/mol. The van der Waals surface area contributed by atoms with Crippen molar-refractivity contribution >= 4 is 23.4 Å². The maximum Gasteiger partial charge on any atom is 0.0105 e. The molecule has 0 aliphatic heterocycles. The van der Waals surface area contributed by atoms with Gasteiger partial charge in [0.2, 0.25) is 0 Å². The van der Waals surface area contributed by atoms with Gasteiger partial charge in [0.1, 0.15) is 0 Å². The van der Waals surface area contributed by atoms with Crippen LogP contribution < -0.4 is 0 Å². The van der Waals surface area contributed by atoms with Crippen LogP contribution >= 0.6 is 23.4 Å². The smallest absolute Gasteiger partial charge is 0.0105 e. The molecule has 0 aliphatic carbocycles. The summed E-state index contributed by atoms with van der Waals surface area (Å²) < 4.78 is 0. The topological polar surface area (TPSA) is 0 Å². The molecule has 0 amide bonds. The van der Waals surface area contributed by atoms with E-state index in [0.29, 0.717) is 0 Å². The average molecular weight is 109 g/mol. The lowest BCUT2D eigenvalue weighted by Gasteiger charge is -1.64. The van der Waals surface area contributed by atoms with E-state index in [4.69, 9.17) is 11.6 Å². The van der Waals surface area contributed by atoms with E-state index in [1.807, 2.05) is 11.7 Å². The highest BCUT2D eigenvalue weighted by Crippen LogP contribution is 1.92. The first kappa shape index (κ1) is 5.38. The molecule has 0 saturated carbocycles. The van der Waals surface area contributed by atoms with E-state index in [9.17, 15) is 0 Å². The zero-order valence-corrected chi connectivity index (χ0v) is 4.51. The number of rotatable bonds is 1. The summed E-state index contributed by atoms with van der Waals surface area (Å²) in [5, 5.41) is 1.81. The van der Waals surface area contributed by atoms with Crippen molar-refractivity contribution in [1.82, 2.24) is 0 Å². The van der Waals surface area contributed by atoms with E-state index in [1.54, 1.807) is 11.8 Å². The van der Waals surface area contributed by atoms with Crippen LogP contribution in [0.15, 0.2) is 10.9 Å². The fourth-order valence-electron chi connectivity index (χ4n) is 0.0514. The SMILES string of the molecule is CS/C=C/Cl. The van der Waals surface area contributed by atoms with Crippen molar-refractivity contribution in [2.24, 2.45) is 0 Å². The van der Waals surface area contributed by atoms with Gasteiger partial charge < -0.3 is 0 Å². The van der Waals surface area contributed by atoms with Crippen LogP contribution in [0.25, 0.3) is 0 Å². The Labute approximate surface area is 41.2 Å². The Hall–Kier alpha value is 0.380. The third-order valence-corrected chi connectivity index (χ3v) is 0.871. The van der Waals surface area contributed by atoms with E-state index in [-0.39, 0.29) is 0 Å². The molecule has 2 heteroatoms. The van der Waals surface area contributed by atoms with Crippen LogP contribution in [0, 0.1) is 0 Å². The number of halogens is 1. The first-order valence-electron chi connectivity index (χ1n) is 1.20. The lowest BCUT2D eigenvalue weighted by atomic mass is 11.3. The molecule has 0 unspecified atom stereocenters. The molecule has 0 saturated heterocycles. The van der Waals surface area contributed by atoms with Crippen LogP contribution in [0.4, 0.5) is 0 Å². The van der Waals surface area contributed by atoms with Gasteiger partial charge in [0.15, 0.2) is 0 Å². The second-order valence-corrected chi connectivity index (χ2v) is 1.49. The van der Waals surface area contributed by atoms with Crippen molar-refractivity contribution in [3.8, 4) is 0 Å². The molecule has 0 nitrogen and oxygen atoms in total. The molecular formula is C3H5ClS. The maximum atomic E-state index is 5.10. The molecular weight excluding hydrogens is 104 g/mol. The molecule has 0 rings (SSSR count). The fourth-order valence-corrected chi connectivity index (χ4v) is 0.463. The van der Waals surface area contributed by atoms with Gasteiger partial charge in [-0.25, -0.2) is 0 Å². The first-order valence-corrected chi connectivity index (χ1v) is 2.92. The lowest BCUT2D eigenvalue weighted by molar-refractivity contribution is 2.42. The Kier molecular flexibility index (Phi) is 4.71. The summed E-state index contributed by atoms with van der Waals surface area (Å²) in [4.78, 5) is 0. The molecule has 0 N–H and O–H groups in total. The maximum absolute atomic E-state index is 5.10. The molecule has 30 valence electrons. The van der Waals surface area contributed by atoms with Gasteiger partial charge in [0.25, 0.3) is 0 Å². The Balaban J connectivity index is 2.62. The Bertz CT molecular complexity index is 33.9. The van der Waals surface area contributed by atoms with Crippen molar-refractivity contribution in [1.29, 1.82) is 0 Å². The second kappa shape index (κ2) is 4.38. The minimum Gasteiger partial charge on any atom is -0.137 e. The molecule has 0 spiro atoms. The summed E-state index contributed by atoms with van der Waals surface area (Å²) in [6.45, 7) is 0. The average Bonchev–Trinajstić information content (AvgIpc) is 1.41. The molecule has 0 aromatic carbocycles. The molecule has 0 aromatic heterocycles. The van der Waals surface area contributed by atoms with Gasteiger partial charge in [0.05, 0.1) is 0 Å². The standard InChI is InChI=1S/C3H5ClS/c1-5-3-2-4/h2-3H,1H3/b3-2+. The van der Waals surface area contributed by atoms with Gasteiger partial charge in [-0.15, -0.1) is 11.8 Å². The molecule has 0 fully saturated rings.